The molecule has 2 aromatic carbocycles. The summed E-state index contributed by atoms with van der Waals surface area (Å²) < 4.78 is 10.7. The average Bonchev–Trinajstić information content (AvgIpc) is 3.17. The quantitative estimate of drug-likeness (QED) is 0.504. The van der Waals surface area contributed by atoms with Gasteiger partial charge in [-0.15, -0.1) is 0 Å². The highest BCUT2D eigenvalue weighted by Crippen LogP contribution is 2.44. The van der Waals surface area contributed by atoms with E-state index in [1.165, 1.54) is 7.11 Å². The van der Waals surface area contributed by atoms with Crippen LogP contribution in [0.2, 0.25) is 0 Å². The number of carboxylic acid groups (broad SMARTS) is 1. The fourth-order valence-electron chi connectivity index (χ4n) is 5.28. The minimum Gasteiger partial charge on any atom is -0.481 e. The molecule has 1 saturated carbocycles. The SMILES string of the molecule is COC[C@H](NC(=O)OCC1c2ccccc2-c2ccccc21)C(=O)N[C@@H]1CCCC[C@@H]1CC(=O)O. The van der Waals surface area contributed by atoms with Crippen LogP contribution in [0.1, 0.15) is 49.1 Å². The van der Waals surface area contributed by atoms with Gasteiger partial charge in [0.2, 0.25) is 5.91 Å². The molecule has 0 bridgehead atoms. The maximum atomic E-state index is 12.9. The summed E-state index contributed by atoms with van der Waals surface area (Å²) in [6.45, 7) is 0.122. The lowest BCUT2D eigenvalue weighted by Gasteiger charge is -2.32. The number of fused-ring (bicyclic) bond motifs is 3. The van der Waals surface area contributed by atoms with Gasteiger partial charge in [-0.3, -0.25) is 9.59 Å². The van der Waals surface area contributed by atoms with Crippen molar-refractivity contribution >= 4 is 18.0 Å². The highest BCUT2D eigenvalue weighted by atomic mass is 16.5. The summed E-state index contributed by atoms with van der Waals surface area (Å²) in [5, 5.41) is 14.8. The molecular formula is C27H32N2O6. The van der Waals surface area contributed by atoms with Gasteiger partial charge in [0.25, 0.3) is 0 Å². The normalized spacial score (nSPS) is 19.8. The van der Waals surface area contributed by atoms with E-state index in [9.17, 15) is 19.5 Å². The number of carbonyl (C=O) groups is 3. The Morgan fingerprint density at radius 2 is 1.63 bits per heavy atom. The fourth-order valence-corrected chi connectivity index (χ4v) is 5.28. The monoisotopic (exact) mass is 480 g/mol. The third kappa shape index (κ3) is 5.82. The van der Waals surface area contributed by atoms with Gasteiger partial charge in [0.15, 0.2) is 0 Å². The summed E-state index contributed by atoms with van der Waals surface area (Å²) in [4.78, 5) is 36.8. The number of aliphatic carboxylic acids is 1. The van der Waals surface area contributed by atoms with E-state index in [2.05, 4.69) is 22.8 Å². The van der Waals surface area contributed by atoms with E-state index >= 15 is 0 Å². The predicted octanol–water partition coefficient (Wildman–Crippen LogP) is 3.69. The fraction of sp³-hybridized carbons (Fsp3) is 0.444. The van der Waals surface area contributed by atoms with Gasteiger partial charge in [-0.1, -0.05) is 61.4 Å². The first-order valence-electron chi connectivity index (χ1n) is 12.1. The standard InChI is InChI=1S/C27H32N2O6/c1-34-16-24(26(32)28-23-13-7-2-8-17(23)14-25(30)31)29-27(33)35-15-22-20-11-5-3-9-18(20)19-10-4-6-12-21(19)22/h3-6,9-12,17,22-24H,2,7-8,13-16H2,1H3,(H,28,32)(H,29,33)(H,30,31)/t17-,23-,24+/m1/s1. The number of methoxy groups -OCH3 is 1. The molecule has 186 valence electrons. The van der Waals surface area contributed by atoms with Crippen molar-refractivity contribution in [3.05, 3.63) is 59.7 Å². The summed E-state index contributed by atoms with van der Waals surface area (Å²) in [6.07, 6.45) is 2.66. The van der Waals surface area contributed by atoms with Gasteiger partial charge in [-0.2, -0.15) is 0 Å². The first-order valence-corrected chi connectivity index (χ1v) is 12.1. The molecule has 0 unspecified atom stereocenters. The summed E-state index contributed by atoms with van der Waals surface area (Å²) >= 11 is 0. The van der Waals surface area contributed by atoms with Gasteiger partial charge < -0.3 is 25.2 Å². The zero-order chi connectivity index (χ0) is 24.8. The molecule has 2 aliphatic rings. The number of carbonyl (C=O) groups excluding carboxylic acids is 2. The Hall–Kier alpha value is -3.39. The van der Waals surface area contributed by atoms with E-state index in [-0.39, 0.29) is 37.5 Å². The topological polar surface area (TPSA) is 114 Å². The zero-order valence-electron chi connectivity index (χ0n) is 19.9. The maximum absolute atomic E-state index is 12.9. The molecule has 3 N–H and O–H groups in total. The minimum absolute atomic E-state index is 0.0136. The van der Waals surface area contributed by atoms with Crippen LogP contribution in [0.25, 0.3) is 11.1 Å². The third-order valence-electron chi connectivity index (χ3n) is 6.96. The minimum atomic E-state index is -0.942. The summed E-state index contributed by atoms with van der Waals surface area (Å²) in [6, 6.07) is 15.0. The van der Waals surface area contributed by atoms with Crippen LogP contribution in [-0.2, 0) is 19.1 Å². The molecule has 0 aromatic heterocycles. The summed E-state index contributed by atoms with van der Waals surface area (Å²) in [5.74, 6) is -1.48. The lowest BCUT2D eigenvalue weighted by atomic mass is 9.82. The second-order valence-electron chi connectivity index (χ2n) is 9.24. The molecule has 0 spiro atoms. The molecule has 8 nitrogen and oxygen atoms in total. The van der Waals surface area contributed by atoms with Crippen molar-refractivity contribution in [3.63, 3.8) is 0 Å². The van der Waals surface area contributed by atoms with Crippen LogP contribution in [0.4, 0.5) is 4.79 Å². The molecule has 0 aliphatic heterocycles. The predicted molar refractivity (Wildman–Crippen MR) is 130 cm³/mol. The van der Waals surface area contributed by atoms with Crippen LogP contribution in [0.15, 0.2) is 48.5 Å². The van der Waals surface area contributed by atoms with E-state index in [1.807, 2.05) is 36.4 Å². The average molecular weight is 481 g/mol. The van der Waals surface area contributed by atoms with E-state index in [1.54, 1.807) is 0 Å². The van der Waals surface area contributed by atoms with Crippen LogP contribution in [0.5, 0.6) is 0 Å². The number of benzene rings is 2. The number of ether oxygens (including phenoxy) is 2. The largest absolute Gasteiger partial charge is 0.481 e. The third-order valence-corrected chi connectivity index (χ3v) is 6.96. The zero-order valence-corrected chi connectivity index (χ0v) is 19.9. The van der Waals surface area contributed by atoms with E-state index in [4.69, 9.17) is 9.47 Å². The molecule has 35 heavy (non-hydrogen) atoms. The lowest BCUT2D eigenvalue weighted by Crippen LogP contribution is -2.54. The van der Waals surface area contributed by atoms with Crippen molar-refractivity contribution < 1.29 is 29.0 Å². The highest BCUT2D eigenvalue weighted by Gasteiger charge is 2.32. The molecule has 2 amide bonds. The van der Waals surface area contributed by atoms with Crippen molar-refractivity contribution in [2.45, 2.75) is 50.1 Å². The highest BCUT2D eigenvalue weighted by molar-refractivity contribution is 5.86. The number of alkyl carbamates (subject to hydrolysis) is 1. The number of amides is 2. The van der Waals surface area contributed by atoms with Crippen molar-refractivity contribution in [3.8, 4) is 11.1 Å². The van der Waals surface area contributed by atoms with Gasteiger partial charge in [0.05, 0.1) is 13.0 Å². The lowest BCUT2D eigenvalue weighted by molar-refractivity contribution is -0.139. The Morgan fingerprint density at radius 3 is 2.26 bits per heavy atom. The van der Waals surface area contributed by atoms with Crippen LogP contribution in [0.3, 0.4) is 0 Å². The van der Waals surface area contributed by atoms with Gasteiger partial charge in [0, 0.05) is 19.1 Å². The molecule has 4 rings (SSSR count). The first kappa shape index (κ1) is 24.7. The van der Waals surface area contributed by atoms with Crippen LogP contribution < -0.4 is 10.6 Å². The Kier molecular flexibility index (Phi) is 8.02. The summed E-state index contributed by atoms with van der Waals surface area (Å²) in [5.41, 5.74) is 4.48. The number of hydrogen-bond acceptors (Lipinski definition) is 5. The smallest absolute Gasteiger partial charge is 0.407 e. The van der Waals surface area contributed by atoms with Gasteiger partial charge in [-0.25, -0.2) is 4.79 Å². The van der Waals surface area contributed by atoms with Crippen molar-refractivity contribution in [1.82, 2.24) is 10.6 Å². The molecule has 3 atom stereocenters. The summed E-state index contributed by atoms with van der Waals surface area (Å²) in [7, 11) is 1.45. The van der Waals surface area contributed by atoms with Gasteiger partial charge in [-0.05, 0) is 41.0 Å². The molecular weight excluding hydrogens is 448 g/mol. The van der Waals surface area contributed by atoms with Crippen LogP contribution in [0, 0.1) is 5.92 Å². The Morgan fingerprint density at radius 1 is 1.00 bits per heavy atom. The molecule has 2 aromatic rings. The number of rotatable bonds is 9. The second kappa shape index (κ2) is 11.4. The number of nitrogens with one attached hydrogen (secondary N) is 2. The van der Waals surface area contributed by atoms with Gasteiger partial charge in [0.1, 0.15) is 12.6 Å². The van der Waals surface area contributed by atoms with E-state index in [0.29, 0.717) is 6.42 Å². The van der Waals surface area contributed by atoms with E-state index < -0.39 is 24.0 Å². The first-order chi connectivity index (χ1) is 17.0. The van der Waals surface area contributed by atoms with Crippen LogP contribution in [-0.4, -0.2) is 55.5 Å². The van der Waals surface area contributed by atoms with Crippen molar-refractivity contribution in [1.29, 1.82) is 0 Å². The molecule has 2 aliphatic carbocycles. The molecule has 8 heteroatoms. The molecule has 0 saturated heterocycles. The number of carboxylic acids is 1. The number of hydrogen-bond donors (Lipinski definition) is 3. The van der Waals surface area contributed by atoms with Crippen molar-refractivity contribution in [2.75, 3.05) is 20.3 Å². The molecule has 0 heterocycles. The van der Waals surface area contributed by atoms with Crippen LogP contribution >= 0.6 is 0 Å². The Balaban J connectivity index is 1.37. The molecule has 0 radical (unpaired) electrons. The Bertz CT molecular complexity index is 1030. The van der Waals surface area contributed by atoms with Gasteiger partial charge >= 0.3 is 12.1 Å². The van der Waals surface area contributed by atoms with E-state index in [0.717, 1.165) is 41.5 Å². The van der Waals surface area contributed by atoms with Crippen molar-refractivity contribution in [2.24, 2.45) is 5.92 Å². The molecule has 1 fully saturated rings. The second-order valence-corrected chi connectivity index (χ2v) is 9.24. The Labute approximate surface area is 205 Å². The maximum Gasteiger partial charge on any atom is 0.407 e.